The predicted molar refractivity (Wildman–Crippen MR) is 102 cm³/mol. The van der Waals surface area contributed by atoms with Crippen LogP contribution in [0.25, 0.3) is 10.2 Å². The van der Waals surface area contributed by atoms with Gasteiger partial charge in [0.15, 0.2) is 4.80 Å². The lowest BCUT2D eigenvalue weighted by Crippen LogP contribution is -2.50. The number of benzene rings is 2. The fraction of sp³-hybridized carbons (Fsp3) is 0.158. The average molecular weight is 380 g/mol. The number of para-hydroxylation sites is 1. The number of nitrogens with zero attached hydrogens (tertiary/aromatic N) is 3. The van der Waals surface area contributed by atoms with E-state index in [4.69, 9.17) is 0 Å². The van der Waals surface area contributed by atoms with E-state index in [0.29, 0.717) is 16.1 Å². The second kappa shape index (κ2) is 6.81. The molecule has 0 aliphatic carbocycles. The molecule has 1 saturated heterocycles. The van der Waals surface area contributed by atoms with Crippen molar-refractivity contribution < 1.29 is 14.4 Å². The highest BCUT2D eigenvalue weighted by Gasteiger charge is 2.24. The summed E-state index contributed by atoms with van der Waals surface area (Å²) in [5.41, 5.74) is 4.47. The van der Waals surface area contributed by atoms with Crippen LogP contribution in [-0.2, 0) is 16.6 Å². The molecule has 136 valence electrons. The Hall–Kier alpha value is -3.26. The molecule has 2 aromatic carbocycles. The van der Waals surface area contributed by atoms with Crippen molar-refractivity contribution in [3.63, 3.8) is 0 Å². The molecule has 3 aromatic rings. The summed E-state index contributed by atoms with van der Waals surface area (Å²) in [6.45, 7) is 0. The molecule has 1 aromatic heterocycles. The van der Waals surface area contributed by atoms with Crippen LogP contribution in [0.5, 0.6) is 0 Å². The zero-order valence-corrected chi connectivity index (χ0v) is 15.3. The molecule has 1 N–H and O–H groups in total. The molecule has 0 atom stereocenters. The number of rotatable bonds is 2. The van der Waals surface area contributed by atoms with E-state index in [1.807, 2.05) is 35.9 Å². The van der Waals surface area contributed by atoms with Crippen molar-refractivity contribution in [2.24, 2.45) is 12.0 Å². The molecule has 27 heavy (non-hydrogen) atoms. The summed E-state index contributed by atoms with van der Waals surface area (Å²) < 4.78 is 2.94. The summed E-state index contributed by atoms with van der Waals surface area (Å²) in [4.78, 5) is 40.8. The molecule has 2 heterocycles. The van der Waals surface area contributed by atoms with Gasteiger partial charge in [0.25, 0.3) is 5.91 Å². The average Bonchev–Trinajstić information content (AvgIpc) is 3.00. The number of aromatic nitrogens is 1. The maximum Gasteiger partial charge on any atom is 0.279 e. The Labute approximate surface area is 158 Å². The van der Waals surface area contributed by atoms with Crippen LogP contribution in [0, 0.1) is 0 Å². The standard InChI is InChI=1S/C19H16N4O3S/c1-22-14-4-2-3-5-15(14)27-19(22)20-18(26)12-6-8-13(9-7-12)23-17(25)11-10-16(24)21-23/h2-9H,10-11H2,1H3,(H,21,24). The lowest BCUT2D eigenvalue weighted by Gasteiger charge is -2.27. The molecule has 3 amide bonds. The van der Waals surface area contributed by atoms with E-state index in [1.165, 1.54) is 16.3 Å². The third-order valence-electron chi connectivity index (χ3n) is 4.34. The van der Waals surface area contributed by atoms with Gasteiger partial charge < -0.3 is 4.57 Å². The van der Waals surface area contributed by atoms with Crippen LogP contribution in [-0.4, -0.2) is 22.3 Å². The molecule has 1 fully saturated rings. The van der Waals surface area contributed by atoms with Crippen LogP contribution in [0.1, 0.15) is 23.2 Å². The SMILES string of the molecule is Cn1c(=NC(=O)c2ccc(N3NC(=O)CCC3=O)cc2)sc2ccccc21. The van der Waals surface area contributed by atoms with Crippen molar-refractivity contribution in [1.29, 1.82) is 0 Å². The van der Waals surface area contributed by atoms with Crippen molar-refractivity contribution in [2.75, 3.05) is 5.01 Å². The number of hydrogen-bond acceptors (Lipinski definition) is 4. The third-order valence-corrected chi connectivity index (χ3v) is 5.45. The predicted octanol–water partition coefficient (Wildman–Crippen LogP) is 2.14. The number of hydrazine groups is 1. The summed E-state index contributed by atoms with van der Waals surface area (Å²) in [5.74, 6) is -0.754. The lowest BCUT2D eigenvalue weighted by atomic mass is 10.1. The van der Waals surface area contributed by atoms with Crippen molar-refractivity contribution >= 4 is 45.0 Å². The third kappa shape index (κ3) is 3.26. The van der Waals surface area contributed by atoms with Gasteiger partial charge in [0.05, 0.1) is 15.9 Å². The van der Waals surface area contributed by atoms with Gasteiger partial charge in [-0.3, -0.25) is 19.8 Å². The van der Waals surface area contributed by atoms with Crippen LogP contribution in [0.2, 0.25) is 0 Å². The van der Waals surface area contributed by atoms with Crippen molar-refractivity contribution in [3.05, 3.63) is 58.9 Å². The number of carbonyl (C=O) groups is 3. The number of anilines is 1. The van der Waals surface area contributed by atoms with E-state index in [2.05, 4.69) is 10.4 Å². The molecular formula is C19H16N4O3S. The van der Waals surface area contributed by atoms with Crippen LogP contribution >= 0.6 is 11.3 Å². The summed E-state index contributed by atoms with van der Waals surface area (Å²) in [5, 5.41) is 1.21. The molecule has 1 aliphatic heterocycles. The normalized spacial score (nSPS) is 15.3. The second-order valence-electron chi connectivity index (χ2n) is 6.14. The summed E-state index contributed by atoms with van der Waals surface area (Å²) >= 11 is 1.45. The van der Waals surface area contributed by atoms with Gasteiger partial charge in [-0.2, -0.15) is 4.99 Å². The second-order valence-corrected chi connectivity index (χ2v) is 7.15. The first-order chi connectivity index (χ1) is 13.0. The van der Waals surface area contributed by atoms with E-state index < -0.39 is 0 Å². The highest BCUT2D eigenvalue weighted by molar-refractivity contribution is 7.16. The first-order valence-corrected chi connectivity index (χ1v) is 9.21. The molecule has 8 heteroatoms. The zero-order chi connectivity index (χ0) is 19.0. The van der Waals surface area contributed by atoms with Crippen molar-refractivity contribution in [3.8, 4) is 0 Å². The molecule has 0 radical (unpaired) electrons. The number of hydrogen-bond donors (Lipinski definition) is 1. The summed E-state index contributed by atoms with van der Waals surface area (Å²) in [6.07, 6.45) is 0.362. The van der Waals surface area contributed by atoms with Crippen LogP contribution in [0.15, 0.2) is 53.5 Å². The number of thiazole rings is 1. The smallest absolute Gasteiger partial charge is 0.279 e. The minimum absolute atomic E-state index is 0.171. The molecule has 0 unspecified atom stereocenters. The van der Waals surface area contributed by atoms with E-state index in [9.17, 15) is 14.4 Å². The highest BCUT2D eigenvalue weighted by Crippen LogP contribution is 2.19. The fourth-order valence-corrected chi connectivity index (χ4v) is 3.89. The van der Waals surface area contributed by atoms with Gasteiger partial charge in [-0.25, -0.2) is 5.01 Å². The molecule has 7 nitrogen and oxygen atoms in total. The van der Waals surface area contributed by atoms with Gasteiger partial charge in [-0.1, -0.05) is 23.5 Å². The Morgan fingerprint density at radius 2 is 1.81 bits per heavy atom. The molecule has 4 rings (SSSR count). The summed E-state index contributed by atoms with van der Waals surface area (Å²) in [7, 11) is 1.87. The van der Waals surface area contributed by atoms with E-state index >= 15 is 0 Å². The number of amides is 3. The first-order valence-electron chi connectivity index (χ1n) is 8.39. The van der Waals surface area contributed by atoms with E-state index in [-0.39, 0.29) is 30.6 Å². The Kier molecular flexibility index (Phi) is 4.33. The van der Waals surface area contributed by atoms with E-state index in [0.717, 1.165) is 10.2 Å². The highest BCUT2D eigenvalue weighted by atomic mass is 32.1. The molecule has 1 aliphatic rings. The number of carbonyl (C=O) groups excluding carboxylic acids is 3. The fourth-order valence-electron chi connectivity index (χ4n) is 2.88. The minimum Gasteiger partial charge on any atom is -0.319 e. The quantitative estimate of drug-likeness (QED) is 0.739. The maximum atomic E-state index is 12.5. The van der Waals surface area contributed by atoms with Gasteiger partial charge in [0, 0.05) is 25.5 Å². The van der Waals surface area contributed by atoms with Gasteiger partial charge in [0.2, 0.25) is 11.8 Å². The Morgan fingerprint density at radius 3 is 2.56 bits per heavy atom. The largest absolute Gasteiger partial charge is 0.319 e. The first kappa shape index (κ1) is 17.2. The summed E-state index contributed by atoms with van der Waals surface area (Å²) in [6, 6.07) is 14.3. The Bertz CT molecular complexity index is 1130. The van der Waals surface area contributed by atoms with E-state index in [1.54, 1.807) is 24.3 Å². The van der Waals surface area contributed by atoms with Crippen LogP contribution in [0.3, 0.4) is 0 Å². The topological polar surface area (TPSA) is 83.8 Å². The lowest BCUT2D eigenvalue weighted by molar-refractivity contribution is -0.130. The number of nitrogens with one attached hydrogen (secondary N) is 1. The Morgan fingerprint density at radius 1 is 1.07 bits per heavy atom. The molecule has 0 saturated carbocycles. The monoisotopic (exact) mass is 380 g/mol. The Balaban J connectivity index is 1.61. The zero-order valence-electron chi connectivity index (χ0n) is 14.5. The minimum atomic E-state index is -0.363. The van der Waals surface area contributed by atoms with Crippen molar-refractivity contribution in [2.45, 2.75) is 12.8 Å². The van der Waals surface area contributed by atoms with Crippen LogP contribution < -0.4 is 15.2 Å². The van der Waals surface area contributed by atoms with Gasteiger partial charge in [-0.05, 0) is 36.4 Å². The molecule has 0 bridgehead atoms. The molecular weight excluding hydrogens is 364 g/mol. The number of aryl methyl sites for hydroxylation is 1. The van der Waals surface area contributed by atoms with Gasteiger partial charge in [-0.15, -0.1) is 0 Å². The van der Waals surface area contributed by atoms with Gasteiger partial charge >= 0.3 is 0 Å². The van der Waals surface area contributed by atoms with Gasteiger partial charge in [0.1, 0.15) is 0 Å². The maximum absolute atomic E-state index is 12.5. The van der Waals surface area contributed by atoms with Crippen LogP contribution in [0.4, 0.5) is 5.69 Å². The molecule has 0 spiro atoms. The van der Waals surface area contributed by atoms with Crippen molar-refractivity contribution in [1.82, 2.24) is 9.99 Å². The number of fused-ring (bicyclic) bond motifs is 1.